The summed E-state index contributed by atoms with van der Waals surface area (Å²) in [5, 5.41) is 0. The van der Waals surface area contributed by atoms with Gasteiger partial charge in [0.25, 0.3) is 0 Å². The number of rotatable bonds is 4. The molecule has 12 heavy (non-hydrogen) atoms. The van der Waals surface area contributed by atoms with Crippen LogP contribution in [0.1, 0.15) is 0 Å². The molecule has 66 valence electrons. The number of ether oxygens (including phenoxy) is 1. The van der Waals surface area contributed by atoms with Crippen molar-refractivity contribution in [2.24, 2.45) is 0 Å². The topological polar surface area (TPSA) is 39.7 Å². The van der Waals surface area contributed by atoms with Crippen LogP contribution in [0.4, 0.5) is 5.69 Å². The molecule has 0 aromatic heterocycles. The fraction of sp³-hybridized carbons (Fsp3) is 0.143. The second-order valence-corrected chi connectivity index (χ2v) is 2.14. The summed E-state index contributed by atoms with van der Waals surface area (Å²) >= 11 is 3.38. The molecular weight excluding hydrogens is 178 g/mol. The summed E-state index contributed by atoms with van der Waals surface area (Å²) < 4.78 is 9.04. The van der Waals surface area contributed by atoms with Gasteiger partial charge in [-0.25, -0.2) is 5.48 Å². The molecule has 0 heterocycles. The van der Waals surface area contributed by atoms with Crippen LogP contribution in [-0.2, 0) is 9.32 Å². The zero-order valence-corrected chi connectivity index (χ0v) is 7.38. The van der Waals surface area contributed by atoms with Crippen molar-refractivity contribution in [2.75, 3.05) is 12.6 Å². The Morgan fingerprint density at radius 2 is 2.25 bits per heavy atom. The molecule has 1 N–H and O–H groups in total. The molecule has 0 aliphatic rings. The molecular formula is C7H9NO3S. The number of thiol groups is 1. The molecule has 0 aliphatic heterocycles. The van der Waals surface area contributed by atoms with Crippen LogP contribution in [0.2, 0.25) is 0 Å². The summed E-state index contributed by atoms with van der Waals surface area (Å²) in [6, 6.07) is 7.21. The highest BCUT2D eigenvalue weighted by Gasteiger charge is 1.93. The van der Waals surface area contributed by atoms with Crippen LogP contribution in [0.3, 0.4) is 0 Å². The van der Waals surface area contributed by atoms with Gasteiger partial charge in [0.2, 0.25) is 0 Å². The predicted octanol–water partition coefficient (Wildman–Crippen LogP) is 1.82. The molecule has 0 atom stereocenters. The van der Waals surface area contributed by atoms with Gasteiger partial charge in [0, 0.05) is 19.0 Å². The highest BCUT2D eigenvalue weighted by molar-refractivity contribution is 7.74. The molecule has 0 spiro atoms. The monoisotopic (exact) mass is 187 g/mol. The molecule has 0 saturated heterocycles. The SMILES string of the molecule is COc1cccc(NOOS)c1. The Morgan fingerprint density at radius 1 is 1.42 bits per heavy atom. The Morgan fingerprint density at radius 3 is 2.92 bits per heavy atom. The maximum atomic E-state index is 4.98. The third-order valence-corrected chi connectivity index (χ3v) is 1.34. The summed E-state index contributed by atoms with van der Waals surface area (Å²) in [6.07, 6.45) is 0. The molecule has 0 unspecified atom stereocenters. The molecule has 1 aromatic rings. The largest absolute Gasteiger partial charge is 0.497 e. The van der Waals surface area contributed by atoms with E-state index in [0.29, 0.717) is 0 Å². The van der Waals surface area contributed by atoms with Crippen molar-refractivity contribution >= 4 is 18.6 Å². The fourth-order valence-electron chi connectivity index (χ4n) is 0.753. The number of benzene rings is 1. The number of hydrogen-bond acceptors (Lipinski definition) is 5. The zero-order valence-electron chi connectivity index (χ0n) is 6.48. The van der Waals surface area contributed by atoms with E-state index >= 15 is 0 Å². The number of hydrogen-bond donors (Lipinski definition) is 2. The number of anilines is 1. The van der Waals surface area contributed by atoms with E-state index in [1.807, 2.05) is 12.1 Å². The fourth-order valence-corrected chi connectivity index (χ4v) is 0.791. The van der Waals surface area contributed by atoms with Crippen molar-refractivity contribution in [3.63, 3.8) is 0 Å². The minimum atomic E-state index is 0.725. The molecule has 0 saturated carbocycles. The van der Waals surface area contributed by atoms with Crippen LogP contribution in [-0.4, -0.2) is 7.11 Å². The van der Waals surface area contributed by atoms with E-state index in [0.717, 1.165) is 11.4 Å². The lowest BCUT2D eigenvalue weighted by Gasteiger charge is -2.04. The molecule has 0 radical (unpaired) electrons. The first-order valence-corrected chi connectivity index (χ1v) is 3.60. The van der Waals surface area contributed by atoms with Gasteiger partial charge in [0.05, 0.1) is 12.8 Å². The average Bonchev–Trinajstić information content (AvgIpc) is 2.15. The van der Waals surface area contributed by atoms with Crippen molar-refractivity contribution in [3.05, 3.63) is 24.3 Å². The van der Waals surface area contributed by atoms with Gasteiger partial charge in [-0.15, -0.1) is 9.32 Å². The summed E-state index contributed by atoms with van der Waals surface area (Å²) in [7, 11) is 1.59. The van der Waals surface area contributed by atoms with Gasteiger partial charge in [0.1, 0.15) is 5.75 Å². The molecule has 1 rings (SSSR count). The Bertz CT molecular complexity index is 244. The van der Waals surface area contributed by atoms with Crippen molar-refractivity contribution in [2.45, 2.75) is 0 Å². The lowest BCUT2D eigenvalue weighted by molar-refractivity contribution is -0.158. The van der Waals surface area contributed by atoms with E-state index in [4.69, 9.17) is 4.74 Å². The maximum absolute atomic E-state index is 4.98. The standard InChI is InChI=1S/C7H9NO3S/c1-9-7-4-2-3-6(5-7)8-10-11-12/h2-5,8,12H,1H3. The van der Waals surface area contributed by atoms with Gasteiger partial charge in [-0.05, 0) is 12.1 Å². The first-order chi connectivity index (χ1) is 5.86. The highest BCUT2D eigenvalue weighted by atomic mass is 32.1. The van der Waals surface area contributed by atoms with Crippen LogP contribution in [0.5, 0.6) is 5.75 Å². The minimum Gasteiger partial charge on any atom is -0.497 e. The lowest BCUT2D eigenvalue weighted by Crippen LogP contribution is -1.97. The molecule has 1 aromatic carbocycles. The third-order valence-electron chi connectivity index (χ3n) is 1.27. The first kappa shape index (κ1) is 9.18. The summed E-state index contributed by atoms with van der Waals surface area (Å²) in [6.45, 7) is 0. The van der Waals surface area contributed by atoms with Gasteiger partial charge in [-0.1, -0.05) is 6.07 Å². The van der Waals surface area contributed by atoms with Gasteiger partial charge in [0.15, 0.2) is 0 Å². The molecule has 0 bridgehead atoms. The zero-order chi connectivity index (χ0) is 8.81. The van der Waals surface area contributed by atoms with Gasteiger partial charge < -0.3 is 4.74 Å². The van der Waals surface area contributed by atoms with E-state index in [1.54, 1.807) is 19.2 Å². The minimum absolute atomic E-state index is 0.725. The molecule has 0 aliphatic carbocycles. The van der Waals surface area contributed by atoms with E-state index in [2.05, 4.69) is 27.7 Å². The molecule has 4 nitrogen and oxygen atoms in total. The van der Waals surface area contributed by atoms with Gasteiger partial charge in [-0.3, -0.25) is 0 Å². The first-order valence-electron chi connectivity index (χ1n) is 3.24. The third kappa shape index (κ3) is 2.61. The van der Waals surface area contributed by atoms with Gasteiger partial charge in [-0.2, -0.15) is 0 Å². The van der Waals surface area contributed by atoms with Crippen LogP contribution in [0.15, 0.2) is 24.3 Å². The van der Waals surface area contributed by atoms with Crippen LogP contribution in [0.25, 0.3) is 0 Å². The average molecular weight is 187 g/mol. The lowest BCUT2D eigenvalue weighted by atomic mass is 10.3. The van der Waals surface area contributed by atoms with Crippen LogP contribution < -0.4 is 10.2 Å². The number of nitrogens with one attached hydrogen (secondary N) is 1. The maximum Gasteiger partial charge on any atom is 0.121 e. The second kappa shape index (κ2) is 4.87. The Kier molecular flexibility index (Phi) is 3.72. The van der Waals surface area contributed by atoms with Crippen LogP contribution in [0, 0.1) is 0 Å². The summed E-state index contributed by atoms with van der Waals surface area (Å²) in [4.78, 5) is 4.38. The summed E-state index contributed by atoms with van der Waals surface area (Å²) in [5.74, 6) is 0.739. The van der Waals surface area contributed by atoms with E-state index in [-0.39, 0.29) is 0 Å². The molecule has 0 amide bonds. The Hall–Kier alpha value is -0.910. The Labute approximate surface area is 75.9 Å². The van der Waals surface area contributed by atoms with Gasteiger partial charge >= 0.3 is 0 Å². The number of methoxy groups -OCH3 is 1. The van der Waals surface area contributed by atoms with Crippen molar-refractivity contribution < 1.29 is 14.1 Å². The highest BCUT2D eigenvalue weighted by Crippen LogP contribution is 2.16. The molecule has 5 heteroatoms. The quantitative estimate of drug-likeness (QED) is 0.326. The smallest absolute Gasteiger partial charge is 0.121 e. The summed E-state index contributed by atoms with van der Waals surface area (Å²) in [5.41, 5.74) is 3.22. The second-order valence-electron chi connectivity index (χ2n) is 1.99. The van der Waals surface area contributed by atoms with Crippen molar-refractivity contribution in [1.82, 2.24) is 0 Å². The van der Waals surface area contributed by atoms with E-state index in [9.17, 15) is 0 Å². The molecule has 0 fully saturated rings. The van der Waals surface area contributed by atoms with E-state index < -0.39 is 0 Å². The van der Waals surface area contributed by atoms with E-state index in [1.165, 1.54) is 0 Å². The Balaban J connectivity index is 2.60. The normalized spacial score (nSPS) is 9.50. The van der Waals surface area contributed by atoms with Crippen molar-refractivity contribution in [3.8, 4) is 5.75 Å². The predicted molar refractivity (Wildman–Crippen MR) is 47.8 cm³/mol. The van der Waals surface area contributed by atoms with Crippen molar-refractivity contribution in [1.29, 1.82) is 0 Å². The van der Waals surface area contributed by atoms with Crippen LogP contribution >= 0.6 is 12.9 Å².